The highest BCUT2D eigenvalue weighted by Crippen LogP contribution is 2.51. The molecule has 60 heavy (non-hydrogen) atoms. The highest BCUT2D eigenvalue weighted by Gasteiger charge is 2.51. The van der Waals surface area contributed by atoms with Crippen molar-refractivity contribution in [2.45, 2.75) is 127 Å². The van der Waals surface area contributed by atoms with Gasteiger partial charge in [-0.2, -0.15) is 5.26 Å². The van der Waals surface area contributed by atoms with Crippen molar-refractivity contribution in [3.8, 4) is 6.07 Å². The molecule has 0 spiro atoms. The summed E-state index contributed by atoms with van der Waals surface area (Å²) < 4.78 is 5.47. The van der Waals surface area contributed by atoms with Gasteiger partial charge >= 0.3 is 0 Å². The van der Waals surface area contributed by atoms with Gasteiger partial charge in [0.1, 0.15) is 0 Å². The molecule has 0 radical (unpaired) electrons. The SMILES string of the molecule is C.CC#N.Clc1ccc(C2(C3CO3)CCC2)cc1.O[C@@H](CN1CCC[C@@H](CCc2ccccc2)C1)C1(c2ccc(Cl)cc2)CCC1.c1ccc(CC[C@@H]2CCCNC2)cc1. The minimum Gasteiger partial charge on any atom is -0.391 e. The summed E-state index contributed by atoms with van der Waals surface area (Å²) in [4.78, 5) is 2.51. The molecule has 2 saturated carbocycles. The molecule has 4 atom stereocenters. The van der Waals surface area contributed by atoms with E-state index in [1.54, 1.807) is 6.07 Å². The fourth-order valence-corrected chi connectivity index (χ4v) is 10.1. The Balaban J connectivity index is 0.000000179. The average molecular weight is 853 g/mol. The number of piperidine rings is 2. The van der Waals surface area contributed by atoms with Crippen molar-refractivity contribution in [2.75, 3.05) is 39.3 Å². The molecule has 1 unspecified atom stereocenters. The number of aryl methyl sites for hydroxylation is 2. The van der Waals surface area contributed by atoms with Crippen molar-refractivity contribution < 1.29 is 9.84 Å². The van der Waals surface area contributed by atoms with Crippen LogP contribution in [0.15, 0.2) is 109 Å². The Kier molecular flexibility index (Phi) is 19.5. The number of benzene rings is 4. The number of β-amino-alcohol motifs (C(OH)–C–C–N with tert-alkyl or cyclic N) is 1. The predicted molar refractivity (Wildman–Crippen MR) is 252 cm³/mol. The largest absolute Gasteiger partial charge is 0.391 e. The van der Waals surface area contributed by atoms with Crippen LogP contribution in [0.3, 0.4) is 0 Å². The zero-order valence-corrected chi connectivity index (χ0v) is 36.9. The fourth-order valence-electron chi connectivity index (χ4n) is 9.83. The molecule has 4 aromatic carbocycles. The van der Waals surface area contributed by atoms with Crippen molar-refractivity contribution in [1.82, 2.24) is 10.2 Å². The molecule has 7 heteroatoms. The summed E-state index contributed by atoms with van der Waals surface area (Å²) in [7, 11) is 0. The molecule has 0 amide bonds. The molecule has 2 N–H and O–H groups in total. The molecule has 5 nitrogen and oxygen atoms in total. The number of likely N-dealkylation sites (tertiary alicyclic amines) is 1. The van der Waals surface area contributed by atoms with E-state index in [1.807, 2.05) is 24.3 Å². The van der Waals surface area contributed by atoms with E-state index in [9.17, 15) is 5.11 Å². The van der Waals surface area contributed by atoms with E-state index in [1.165, 1.54) is 113 Å². The first-order chi connectivity index (χ1) is 28.8. The predicted octanol–water partition coefficient (Wildman–Crippen LogP) is 12.4. The first-order valence-electron chi connectivity index (χ1n) is 22.5. The molecule has 5 aliphatic rings. The van der Waals surface area contributed by atoms with Crippen LogP contribution in [-0.2, 0) is 28.4 Å². The molecule has 3 heterocycles. The van der Waals surface area contributed by atoms with Gasteiger partial charge in [-0.1, -0.05) is 128 Å². The fraction of sp³-hybridized carbons (Fsp3) is 0.528. The average Bonchev–Trinajstić information content (AvgIpc) is 4.08. The van der Waals surface area contributed by atoms with E-state index >= 15 is 0 Å². The lowest BCUT2D eigenvalue weighted by Crippen LogP contribution is -2.52. The van der Waals surface area contributed by atoms with Crippen molar-refractivity contribution in [3.63, 3.8) is 0 Å². The van der Waals surface area contributed by atoms with Crippen LogP contribution < -0.4 is 5.32 Å². The van der Waals surface area contributed by atoms with Crippen LogP contribution in [-0.4, -0.2) is 61.5 Å². The van der Waals surface area contributed by atoms with Crippen LogP contribution in [0.2, 0.25) is 10.0 Å². The molecule has 4 aromatic rings. The Morgan fingerprint density at radius 2 is 1.27 bits per heavy atom. The summed E-state index contributed by atoms with van der Waals surface area (Å²) in [5, 5.41) is 23.6. The Bertz CT molecular complexity index is 1810. The number of epoxide rings is 1. The second-order valence-corrected chi connectivity index (χ2v) is 18.5. The third kappa shape index (κ3) is 13.6. The van der Waals surface area contributed by atoms with Gasteiger partial charge in [0.2, 0.25) is 0 Å². The van der Waals surface area contributed by atoms with E-state index in [0.29, 0.717) is 11.5 Å². The molecule has 2 aliphatic carbocycles. The van der Waals surface area contributed by atoms with Crippen molar-refractivity contribution in [3.05, 3.63) is 141 Å². The van der Waals surface area contributed by atoms with Crippen molar-refractivity contribution in [1.29, 1.82) is 5.26 Å². The smallest absolute Gasteiger partial charge is 0.0906 e. The minimum atomic E-state index is -0.296. The standard InChI is InChI=1S/C25H32ClNO.C13H19N.C12H13ClO.C2H3N.CH4/c26-23-13-11-22(12-14-23)25(15-5-16-25)24(28)19-27-17-4-8-21(18-27)10-9-20-6-2-1-3-7-20;1-2-5-12(6-3-1)8-9-13-7-4-10-14-11-13;13-10-4-2-9(3-5-10)12(6-1-7-12)11-8-14-11;1-2-3;/h1-3,6-7,11-14,21,24,28H,4-5,8-10,15-19H2;1-3,5-6,13-14H,4,7-11H2;2-5,11H,1,6-8H2;1H3;1H4/t21-,24-;13-;;;/m00.../s1. The molecule has 0 bridgehead atoms. The monoisotopic (exact) mass is 851 g/mol. The zero-order valence-electron chi connectivity index (χ0n) is 35.3. The molecule has 0 aromatic heterocycles. The normalized spacial score (nSPS) is 22.7. The van der Waals surface area contributed by atoms with Gasteiger partial charge in [-0.15, -0.1) is 0 Å². The molecule has 5 fully saturated rings. The summed E-state index contributed by atoms with van der Waals surface area (Å²) in [6.07, 6.45) is 17.8. The Morgan fingerprint density at radius 1 is 0.750 bits per heavy atom. The second kappa shape index (κ2) is 24.4. The highest BCUT2D eigenvalue weighted by molar-refractivity contribution is 6.30. The summed E-state index contributed by atoms with van der Waals surface area (Å²) in [6.45, 7) is 7.87. The van der Waals surface area contributed by atoms with Gasteiger partial charge in [-0.3, -0.25) is 0 Å². The lowest BCUT2D eigenvalue weighted by Gasteiger charge is -2.48. The summed E-state index contributed by atoms with van der Waals surface area (Å²) >= 11 is 12.0. The van der Waals surface area contributed by atoms with Crippen molar-refractivity contribution in [2.24, 2.45) is 11.8 Å². The van der Waals surface area contributed by atoms with E-state index < -0.39 is 0 Å². The zero-order chi connectivity index (χ0) is 41.3. The highest BCUT2D eigenvalue weighted by atomic mass is 35.5. The third-order valence-electron chi connectivity index (χ3n) is 13.7. The maximum absolute atomic E-state index is 11.2. The number of nitriles is 1. The summed E-state index contributed by atoms with van der Waals surface area (Å²) in [5.74, 6) is 1.65. The van der Waals surface area contributed by atoms with Crippen LogP contribution >= 0.6 is 23.2 Å². The van der Waals surface area contributed by atoms with E-state index in [4.69, 9.17) is 33.2 Å². The Morgan fingerprint density at radius 3 is 1.73 bits per heavy atom. The Hall–Kier alpha value is -3.21. The number of aliphatic hydroxyl groups excluding tert-OH is 1. The lowest BCUT2D eigenvalue weighted by atomic mass is 9.61. The number of halogens is 2. The molecule has 9 rings (SSSR count). The van der Waals surface area contributed by atoms with E-state index in [0.717, 1.165) is 67.4 Å². The van der Waals surface area contributed by atoms with Gasteiger partial charge in [-0.05, 0) is 155 Å². The summed E-state index contributed by atoms with van der Waals surface area (Å²) in [5.41, 5.74) is 5.87. The van der Waals surface area contributed by atoms with Crippen LogP contribution in [0.4, 0.5) is 0 Å². The lowest BCUT2D eigenvalue weighted by molar-refractivity contribution is -0.00655. The van der Waals surface area contributed by atoms with Crippen molar-refractivity contribution >= 4 is 23.2 Å². The molecular weight excluding hydrogens is 782 g/mol. The van der Waals surface area contributed by atoms with E-state index in [-0.39, 0.29) is 18.9 Å². The van der Waals surface area contributed by atoms with Crippen LogP contribution in [0.25, 0.3) is 0 Å². The molecular formula is C53H71Cl2N3O2. The van der Waals surface area contributed by atoms with Gasteiger partial charge in [-0.25, -0.2) is 0 Å². The number of hydrogen-bond donors (Lipinski definition) is 2. The van der Waals surface area contributed by atoms with Gasteiger partial charge < -0.3 is 20.1 Å². The number of ether oxygens (including phenoxy) is 1. The third-order valence-corrected chi connectivity index (χ3v) is 14.2. The second-order valence-electron chi connectivity index (χ2n) is 17.6. The van der Waals surface area contributed by atoms with Crippen LogP contribution in [0.1, 0.15) is 114 Å². The minimum absolute atomic E-state index is 0. The molecule has 3 aliphatic heterocycles. The quantitative estimate of drug-likeness (QED) is 0.139. The maximum atomic E-state index is 11.2. The number of rotatable bonds is 12. The first-order valence-corrected chi connectivity index (χ1v) is 23.2. The number of nitrogens with one attached hydrogen (secondary N) is 1. The van der Waals surface area contributed by atoms with Gasteiger partial charge in [0.05, 0.1) is 24.9 Å². The van der Waals surface area contributed by atoms with Gasteiger partial charge in [0, 0.05) is 40.9 Å². The number of aliphatic hydroxyl groups is 1. The van der Waals surface area contributed by atoms with Crippen LogP contribution in [0.5, 0.6) is 0 Å². The number of hydrogen-bond acceptors (Lipinski definition) is 5. The topological polar surface area (TPSA) is 71.8 Å². The summed E-state index contributed by atoms with van der Waals surface area (Å²) in [6, 6.07) is 39.8. The first kappa shape index (κ1) is 47.8. The number of nitrogens with zero attached hydrogens (tertiary/aromatic N) is 2. The molecule has 324 valence electrons. The Labute approximate surface area is 372 Å². The van der Waals surface area contributed by atoms with E-state index in [2.05, 4.69) is 95.1 Å². The molecule has 3 saturated heterocycles. The van der Waals surface area contributed by atoms with Gasteiger partial charge in [0.15, 0.2) is 0 Å². The maximum Gasteiger partial charge on any atom is 0.0906 e. The van der Waals surface area contributed by atoms with Gasteiger partial charge in [0.25, 0.3) is 0 Å². The van der Waals surface area contributed by atoms with Crippen LogP contribution in [0, 0.1) is 23.2 Å².